The van der Waals surface area contributed by atoms with E-state index in [0.717, 1.165) is 62.1 Å². The van der Waals surface area contributed by atoms with Gasteiger partial charge in [0, 0.05) is 50.8 Å². The minimum absolute atomic E-state index is 0.257. The third kappa shape index (κ3) is 8.71. The van der Waals surface area contributed by atoms with Gasteiger partial charge in [-0.2, -0.15) is 13.0 Å². The van der Waals surface area contributed by atoms with E-state index >= 15 is 0 Å². The van der Waals surface area contributed by atoms with Crippen LogP contribution in [0.5, 0.6) is 0 Å². The summed E-state index contributed by atoms with van der Waals surface area (Å²) >= 11 is 0.976. The van der Waals surface area contributed by atoms with Gasteiger partial charge in [-0.3, -0.25) is 9.35 Å². The molecule has 4 aromatic rings. The van der Waals surface area contributed by atoms with Crippen LogP contribution in [-0.2, 0) is 44.8 Å². The SMILES string of the molecule is COOOSc1ccc2c(c1)C(C)(C)C(/C=C/C1=C(N(c3ccccc3)c3ccccc3)C(=C/C=C3/N(CC(=O)O)c4ccc(S(=O)(=O)O)cc4C3(C)C)/CC1)=[N+]2CC(=O)O. The lowest BCUT2D eigenvalue weighted by atomic mass is 9.81. The lowest BCUT2D eigenvalue weighted by Crippen LogP contribution is -2.30. The zero-order valence-electron chi connectivity index (χ0n) is 34.2. The van der Waals surface area contributed by atoms with Crippen LogP contribution in [0.1, 0.15) is 51.7 Å². The van der Waals surface area contributed by atoms with E-state index in [-0.39, 0.29) is 18.0 Å². The first-order valence-electron chi connectivity index (χ1n) is 19.4. The highest BCUT2D eigenvalue weighted by Gasteiger charge is 2.46. The molecule has 2 heterocycles. The molecule has 0 unspecified atom stereocenters. The molecule has 0 atom stereocenters. The monoisotopic (exact) mass is 864 g/mol. The fraction of sp³-hybridized carbons (Fsp3) is 0.239. The van der Waals surface area contributed by atoms with E-state index in [0.29, 0.717) is 29.8 Å². The van der Waals surface area contributed by atoms with E-state index in [2.05, 4.69) is 34.7 Å². The molecular formula is C46H46N3O10S2+. The van der Waals surface area contributed by atoms with Crippen LogP contribution in [0.25, 0.3) is 0 Å². The summed E-state index contributed by atoms with van der Waals surface area (Å²) in [5, 5.41) is 24.7. The molecule has 0 saturated heterocycles. The summed E-state index contributed by atoms with van der Waals surface area (Å²) in [6.07, 6.45) is 9.23. The maximum atomic E-state index is 12.3. The molecule has 0 fully saturated rings. The molecule has 4 aromatic carbocycles. The first kappa shape index (κ1) is 43.3. The zero-order chi connectivity index (χ0) is 43.7. The van der Waals surface area contributed by atoms with Crippen LogP contribution >= 0.6 is 12.0 Å². The van der Waals surface area contributed by atoms with Crippen LogP contribution in [-0.4, -0.2) is 65.6 Å². The van der Waals surface area contributed by atoms with Crippen LogP contribution in [0.2, 0.25) is 0 Å². The molecule has 3 aliphatic rings. The Kier molecular flexibility index (Phi) is 12.3. The molecule has 3 N–H and O–H groups in total. The quantitative estimate of drug-likeness (QED) is 0.0259. The van der Waals surface area contributed by atoms with E-state index < -0.39 is 32.9 Å². The van der Waals surface area contributed by atoms with E-state index in [4.69, 9.17) is 4.33 Å². The molecule has 0 spiro atoms. The Morgan fingerprint density at radius 3 is 2.11 bits per heavy atom. The highest BCUT2D eigenvalue weighted by Crippen LogP contribution is 2.49. The maximum absolute atomic E-state index is 12.3. The van der Waals surface area contributed by atoms with Gasteiger partial charge in [-0.05, 0) is 104 Å². The number of fused-ring (bicyclic) bond motifs is 2. The molecule has 61 heavy (non-hydrogen) atoms. The molecule has 0 bridgehead atoms. The number of para-hydroxylation sites is 2. The van der Waals surface area contributed by atoms with Gasteiger partial charge in [0.2, 0.25) is 12.2 Å². The van der Waals surface area contributed by atoms with Crippen LogP contribution in [0.4, 0.5) is 22.7 Å². The average molecular weight is 865 g/mol. The van der Waals surface area contributed by atoms with Gasteiger partial charge in [-0.1, -0.05) is 67.4 Å². The van der Waals surface area contributed by atoms with Gasteiger partial charge in [0.25, 0.3) is 10.1 Å². The van der Waals surface area contributed by atoms with E-state index in [1.165, 1.54) is 25.3 Å². The number of carbonyl (C=O) groups is 2. The number of carboxylic acid groups (broad SMARTS) is 2. The predicted octanol–water partition coefficient (Wildman–Crippen LogP) is 9.05. The number of anilines is 3. The summed E-state index contributed by atoms with van der Waals surface area (Å²) in [6, 6.07) is 29.8. The standard InChI is InChI=1S/C46H45N3O10S2/c1-45(2)36-26-34(60-59-58-57-5)20-22-38(36)47(28-42(50)51)40(45)24-18-30-16-17-31(44(30)49(32-12-8-6-9-13-32)33-14-10-7-11-15-33)19-25-41-46(3,4)37-27-35(61(54,55)56)21-23-39(37)48(41)29-43(52)53/h6-15,18-27H,16-17,28-29H2,1-5H3,(H2-,50,51,52,53,54,55,56)/p+1. The normalized spacial score (nSPS) is 18.1. The molecular weight excluding hydrogens is 819 g/mol. The average Bonchev–Trinajstić information content (AvgIpc) is 3.77. The number of nitrogens with zero attached hydrogens (tertiary/aromatic N) is 3. The largest absolute Gasteiger partial charge is 0.480 e. The van der Waals surface area contributed by atoms with Gasteiger partial charge in [-0.15, -0.1) is 4.33 Å². The third-order valence-corrected chi connectivity index (χ3v) is 12.7. The van der Waals surface area contributed by atoms with Gasteiger partial charge in [0.1, 0.15) is 6.54 Å². The Labute approximate surface area is 359 Å². The molecule has 0 radical (unpaired) electrons. The Bertz CT molecular complexity index is 2610. The second-order valence-electron chi connectivity index (χ2n) is 15.8. The number of benzene rings is 4. The van der Waals surface area contributed by atoms with E-state index in [1.807, 2.05) is 116 Å². The van der Waals surface area contributed by atoms with Gasteiger partial charge in [0.05, 0.1) is 35.2 Å². The molecule has 1 aliphatic carbocycles. The number of aliphatic carboxylic acids is 2. The van der Waals surface area contributed by atoms with Crippen molar-refractivity contribution in [3.8, 4) is 0 Å². The lowest BCUT2D eigenvalue weighted by Gasteiger charge is -2.29. The number of hydrogen-bond acceptors (Lipinski definition) is 10. The van der Waals surface area contributed by atoms with Crippen molar-refractivity contribution in [3.05, 3.63) is 155 Å². The zero-order valence-corrected chi connectivity index (χ0v) is 35.9. The second-order valence-corrected chi connectivity index (χ2v) is 18.0. The van der Waals surface area contributed by atoms with E-state index in [9.17, 15) is 32.8 Å². The van der Waals surface area contributed by atoms with Crippen molar-refractivity contribution in [2.75, 3.05) is 30.0 Å². The number of carboxylic acids is 2. The molecule has 0 amide bonds. The highest BCUT2D eigenvalue weighted by atomic mass is 32.2. The summed E-state index contributed by atoms with van der Waals surface area (Å²) < 4.78 is 41.1. The van der Waals surface area contributed by atoms with Crippen LogP contribution in [0.15, 0.2) is 154 Å². The summed E-state index contributed by atoms with van der Waals surface area (Å²) in [5.74, 6) is -2.05. The van der Waals surface area contributed by atoms with Crippen molar-refractivity contribution in [1.29, 1.82) is 0 Å². The van der Waals surface area contributed by atoms with Gasteiger partial charge < -0.3 is 20.0 Å². The second kappa shape index (κ2) is 17.3. The van der Waals surface area contributed by atoms with Gasteiger partial charge >= 0.3 is 11.9 Å². The van der Waals surface area contributed by atoms with Crippen molar-refractivity contribution < 1.29 is 51.6 Å². The molecule has 13 nitrogen and oxygen atoms in total. The van der Waals surface area contributed by atoms with Crippen molar-refractivity contribution in [1.82, 2.24) is 0 Å². The Hall–Kier alpha value is -5.81. The van der Waals surface area contributed by atoms with Crippen LogP contribution < -0.4 is 9.80 Å². The first-order chi connectivity index (χ1) is 29.0. The summed E-state index contributed by atoms with van der Waals surface area (Å²) in [6.45, 7) is 7.28. The minimum atomic E-state index is -4.52. The molecule has 2 aliphatic heterocycles. The Morgan fingerprint density at radius 2 is 1.51 bits per heavy atom. The smallest absolute Gasteiger partial charge is 0.370 e. The third-order valence-electron chi connectivity index (χ3n) is 11.2. The van der Waals surface area contributed by atoms with E-state index in [1.54, 1.807) is 4.90 Å². The van der Waals surface area contributed by atoms with Crippen molar-refractivity contribution >= 4 is 62.6 Å². The Morgan fingerprint density at radius 1 is 0.836 bits per heavy atom. The molecule has 316 valence electrons. The van der Waals surface area contributed by atoms with Gasteiger partial charge in [-0.25, -0.2) is 9.68 Å². The summed E-state index contributed by atoms with van der Waals surface area (Å²) in [5.41, 5.74) is 7.43. The van der Waals surface area contributed by atoms with Crippen LogP contribution in [0.3, 0.4) is 0 Å². The van der Waals surface area contributed by atoms with Crippen molar-refractivity contribution in [3.63, 3.8) is 0 Å². The molecule has 7 rings (SSSR count). The van der Waals surface area contributed by atoms with Gasteiger partial charge in [0.15, 0.2) is 5.71 Å². The number of hydrogen-bond donors (Lipinski definition) is 3. The topological polar surface area (TPSA) is 166 Å². The minimum Gasteiger partial charge on any atom is -0.480 e. The fourth-order valence-corrected chi connectivity index (χ4v) is 9.42. The fourth-order valence-electron chi connectivity index (χ4n) is 8.46. The number of rotatable bonds is 15. The first-order valence-corrected chi connectivity index (χ1v) is 21.6. The van der Waals surface area contributed by atoms with Crippen molar-refractivity contribution in [2.24, 2.45) is 0 Å². The Balaban J connectivity index is 1.39. The summed E-state index contributed by atoms with van der Waals surface area (Å²) in [4.78, 5) is 33.5. The predicted molar refractivity (Wildman–Crippen MR) is 233 cm³/mol. The number of allylic oxidation sites excluding steroid dienone is 7. The summed E-state index contributed by atoms with van der Waals surface area (Å²) in [7, 11) is -3.18. The molecule has 0 aromatic heterocycles. The maximum Gasteiger partial charge on any atom is 0.370 e. The lowest BCUT2D eigenvalue weighted by molar-refractivity contribution is -0.447. The molecule has 15 heteroatoms. The highest BCUT2D eigenvalue weighted by molar-refractivity contribution is 7.94. The molecule has 0 saturated carbocycles. The van der Waals surface area contributed by atoms with Crippen molar-refractivity contribution in [2.45, 2.75) is 61.2 Å². The van der Waals surface area contributed by atoms with Crippen LogP contribution in [0, 0.1) is 0 Å².